The third-order valence-corrected chi connectivity index (χ3v) is 4.71. The number of hydrogen-bond acceptors (Lipinski definition) is 4. The van der Waals surface area contributed by atoms with E-state index in [1.54, 1.807) is 6.33 Å². The van der Waals surface area contributed by atoms with Gasteiger partial charge in [-0.15, -0.1) is 34.2 Å². The van der Waals surface area contributed by atoms with Crippen molar-refractivity contribution in [2.45, 2.75) is 77.8 Å². The number of nitrogens with one attached hydrogen (secondary N) is 2. The fraction of sp³-hybridized carbons (Fsp3) is 0.842. The predicted molar refractivity (Wildman–Crippen MR) is 121 cm³/mol. The minimum Gasteiger partial charge on any atom is -0.381 e. The van der Waals surface area contributed by atoms with Gasteiger partial charge in [-0.3, -0.25) is 4.99 Å². The molecule has 0 spiro atoms. The molecule has 0 bridgehead atoms. The summed E-state index contributed by atoms with van der Waals surface area (Å²) in [6.07, 6.45) is 11.1. The SMILES string of the molecule is CCCCOCCCN=C(NCCn1cnnc1CC)NC1CCCC1.I. The van der Waals surface area contributed by atoms with Gasteiger partial charge in [0, 0.05) is 45.3 Å². The van der Waals surface area contributed by atoms with Gasteiger partial charge in [-0.05, 0) is 25.7 Å². The summed E-state index contributed by atoms with van der Waals surface area (Å²) in [4.78, 5) is 4.74. The van der Waals surface area contributed by atoms with Crippen molar-refractivity contribution in [3.8, 4) is 0 Å². The standard InChI is InChI=1S/C19H36N6O.HI/c1-3-5-14-26-15-8-11-20-19(23-17-9-6-7-10-17)21-12-13-25-16-22-24-18(25)4-2;/h16-17H,3-15H2,1-2H3,(H2,20,21,23);1H. The number of ether oxygens (including phenoxy) is 1. The van der Waals surface area contributed by atoms with Gasteiger partial charge < -0.3 is 19.9 Å². The second-order valence-corrected chi connectivity index (χ2v) is 6.90. The molecule has 0 saturated heterocycles. The molecule has 8 heteroatoms. The highest BCUT2D eigenvalue weighted by atomic mass is 127. The van der Waals surface area contributed by atoms with E-state index in [1.807, 2.05) is 0 Å². The summed E-state index contributed by atoms with van der Waals surface area (Å²) in [5.41, 5.74) is 0. The number of aryl methyl sites for hydroxylation is 1. The zero-order valence-corrected chi connectivity index (χ0v) is 19.3. The highest BCUT2D eigenvalue weighted by Crippen LogP contribution is 2.17. The van der Waals surface area contributed by atoms with Crippen LogP contribution in [0, 0.1) is 0 Å². The van der Waals surface area contributed by atoms with E-state index < -0.39 is 0 Å². The van der Waals surface area contributed by atoms with Gasteiger partial charge in [0.05, 0.1) is 0 Å². The van der Waals surface area contributed by atoms with Crippen LogP contribution in [0.15, 0.2) is 11.3 Å². The Balaban J connectivity index is 0.00000364. The highest BCUT2D eigenvalue weighted by molar-refractivity contribution is 14.0. The number of halogens is 1. The summed E-state index contributed by atoms with van der Waals surface area (Å²) >= 11 is 0. The lowest BCUT2D eigenvalue weighted by Gasteiger charge is -2.18. The molecule has 0 atom stereocenters. The molecule has 0 unspecified atom stereocenters. The van der Waals surface area contributed by atoms with Crippen LogP contribution in [0.1, 0.15) is 64.6 Å². The van der Waals surface area contributed by atoms with Gasteiger partial charge in [-0.2, -0.15) is 0 Å². The molecule has 1 saturated carbocycles. The minimum atomic E-state index is 0. The number of rotatable bonds is 12. The van der Waals surface area contributed by atoms with Crippen LogP contribution in [0.3, 0.4) is 0 Å². The van der Waals surface area contributed by atoms with Crippen molar-refractivity contribution in [2.75, 3.05) is 26.3 Å². The Morgan fingerprint density at radius 2 is 2.04 bits per heavy atom. The van der Waals surface area contributed by atoms with E-state index in [1.165, 1.54) is 32.1 Å². The molecule has 2 N–H and O–H groups in total. The van der Waals surface area contributed by atoms with Crippen LogP contribution < -0.4 is 10.6 Å². The van der Waals surface area contributed by atoms with Gasteiger partial charge in [0.15, 0.2) is 5.96 Å². The number of guanidine groups is 1. The molecule has 1 aromatic heterocycles. The summed E-state index contributed by atoms with van der Waals surface area (Å²) in [7, 11) is 0. The third-order valence-electron chi connectivity index (χ3n) is 4.71. The van der Waals surface area contributed by atoms with Crippen molar-refractivity contribution < 1.29 is 4.74 Å². The van der Waals surface area contributed by atoms with Gasteiger partial charge in [0.2, 0.25) is 0 Å². The summed E-state index contributed by atoms with van der Waals surface area (Å²) in [5, 5.41) is 15.2. The first-order valence-corrected chi connectivity index (χ1v) is 10.3. The molecule has 1 aromatic rings. The Morgan fingerprint density at radius 3 is 2.78 bits per heavy atom. The zero-order valence-electron chi connectivity index (χ0n) is 17.0. The minimum absolute atomic E-state index is 0. The highest BCUT2D eigenvalue weighted by Gasteiger charge is 2.16. The van der Waals surface area contributed by atoms with Gasteiger partial charge >= 0.3 is 0 Å². The quantitative estimate of drug-likeness (QED) is 0.203. The summed E-state index contributed by atoms with van der Waals surface area (Å²) in [6.45, 7) is 8.40. The Kier molecular flexibility index (Phi) is 13.5. The maximum absolute atomic E-state index is 5.62. The van der Waals surface area contributed by atoms with Crippen molar-refractivity contribution in [3.05, 3.63) is 12.2 Å². The molecule has 1 heterocycles. The monoisotopic (exact) mass is 492 g/mol. The molecule has 1 fully saturated rings. The summed E-state index contributed by atoms with van der Waals surface area (Å²) < 4.78 is 7.72. The first kappa shape index (κ1) is 24.1. The summed E-state index contributed by atoms with van der Waals surface area (Å²) in [6, 6.07) is 0.558. The maximum Gasteiger partial charge on any atom is 0.191 e. The van der Waals surface area contributed by atoms with E-state index in [-0.39, 0.29) is 24.0 Å². The number of hydrogen-bond donors (Lipinski definition) is 2. The van der Waals surface area contributed by atoms with Gasteiger partial charge in [0.1, 0.15) is 12.2 Å². The molecular weight excluding hydrogens is 455 g/mol. The van der Waals surface area contributed by atoms with Crippen LogP contribution in [0.4, 0.5) is 0 Å². The van der Waals surface area contributed by atoms with E-state index >= 15 is 0 Å². The van der Waals surface area contributed by atoms with Crippen molar-refractivity contribution in [1.82, 2.24) is 25.4 Å². The molecule has 0 aromatic carbocycles. The fourth-order valence-electron chi connectivity index (χ4n) is 3.16. The molecule has 156 valence electrons. The van der Waals surface area contributed by atoms with Crippen molar-refractivity contribution in [2.24, 2.45) is 4.99 Å². The Bertz CT molecular complexity index is 516. The second-order valence-electron chi connectivity index (χ2n) is 6.90. The topological polar surface area (TPSA) is 76.4 Å². The van der Waals surface area contributed by atoms with E-state index in [0.717, 1.165) is 63.9 Å². The maximum atomic E-state index is 5.62. The van der Waals surface area contributed by atoms with Crippen molar-refractivity contribution in [1.29, 1.82) is 0 Å². The van der Waals surface area contributed by atoms with E-state index in [2.05, 4.69) is 39.2 Å². The number of aliphatic imine (C=N–C) groups is 1. The normalized spacial score (nSPS) is 15.0. The van der Waals surface area contributed by atoms with Crippen LogP contribution in [0.5, 0.6) is 0 Å². The van der Waals surface area contributed by atoms with E-state index in [0.29, 0.717) is 6.04 Å². The number of unbranched alkanes of at least 4 members (excludes halogenated alkanes) is 1. The van der Waals surface area contributed by atoms with E-state index in [9.17, 15) is 0 Å². The molecule has 1 aliphatic rings. The van der Waals surface area contributed by atoms with Crippen LogP contribution >= 0.6 is 24.0 Å². The largest absolute Gasteiger partial charge is 0.381 e. The van der Waals surface area contributed by atoms with Crippen LogP contribution in [0.25, 0.3) is 0 Å². The van der Waals surface area contributed by atoms with Crippen LogP contribution in [-0.4, -0.2) is 53.1 Å². The molecule has 27 heavy (non-hydrogen) atoms. The molecule has 0 amide bonds. The average Bonchev–Trinajstić information content (AvgIpc) is 3.32. The lowest BCUT2D eigenvalue weighted by atomic mass is 10.2. The van der Waals surface area contributed by atoms with Crippen molar-refractivity contribution >= 4 is 29.9 Å². The lowest BCUT2D eigenvalue weighted by molar-refractivity contribution is 0.130. The third kappa shape index (κ3) is 9.73. The molecule has 0 aliphatic heterocycles. The first-order chi connectivity index (χ1) is 12.8. The smallest absolute Gasteiger partial charge is 0.191 e. The molecule has 2 rings (SSSR count). The van der Waals surface area contributed by atoms with Crippen LogP contribution in [0.2, 0.25) is 0 Å². The Labute approximate surface area is 181 Å². The number of aromatic nitrogens is 3. The summed E-state index contributed by atoms with van der Waals surface area (Å²) in [5.74, 6) is 1.95. The van der Waals surface area contributed by atoms with Crippen molar-refractivity contribution in [3.63, 3.8) is 0 Å². The second kappa shape index (κ2) is 15.1. The first-order valence-electron chi connectivity index (χ1n) is 10.3. The predicted octanol–water partition coefficient (Wildman–Crippen LogP) is 3.14. The van der Waals surface area contributed by atoms with Crippen LogP contribution in [-0.2, 0) is 17.7 Å². The van der Waals surface area contributed by atoms with Gasteiger partial charge in [-0.1, -0.05) is 33.1 Å². The Hall–Kier alpha value is -0.900. The van der Waals surface area contributed by atoms with E-state index in [4.69, 9.17) is 9.73 Å². The molecular formula is C19H37IN6O. The van der Waals surface area contributed by atoms with Gasteiger partial charge in [-0.25, -0.2) is 0 Å². The fourth-order valence-corrected chi connectivity index (χ4v) is 3.16. The molecule has 7 nitrogen and oxygen atoms in total. The molecule has 0 radical (unpaired) electrons. The van der Waals surface area contributed by atoms with Gasteiger partial charge in [0.25, 0.3) is 0 Å². The lowest BCUT2D eigenvalue weighted by Crippen LogP contribution is -2.43. The number of nitrogens with zero attached hydrogens (tertiary/aromatic N) is 4. The average molecular weight is 492 g/mol. The zero-order chi connectivity index (χ0) is 18.5. The Morgan fingerprint density at radius 1 is 1.26 bits per heavy atom. The molecule has 1 aliphatic carbocycles.